The van der Waals surface area contributed by atoms with Gasteiger partial charge in [-0.3, -0.25) is 4.99 Å². The van der Waals surface area contributed by atoms with E-state index >= 15 is 0 Å². The molecule has 1 aromatic rings. The lowest BCUT2D eigenvalue weighted by Gasteiger charge is -2.10. The van der Waals surface area contributed by atoms with E-state index in [0.29, 0.717) is 12.5 Å². The molecular formula is C14H21N3O. The molecule has 0 spiro atoms. The van der Waals surface area contributed by atoms with Crippen molar-refractivity contribution in [3.63, 3.8) is 0 Å². The summed E-state index contributed by atoms with van der Waals surface area (Å²) in [5, 5.41) is 12.3. The number of nitrogens with one attached hydrogen (secondary N) is 1. The Morgan fingerprint density at radius 1 is 1.50 bits per heavy atom. The molecule has 0 aromatic heterocycles. The maximum absolute atomic E-state index is 9.20. The van der Waals surface area contributed by atoms with Crippen LogP contribution < -0.4 is 11.1 Å². The van der Waals surface area contributed by atoms with Gasteiger partial charge in [-0.25, -0.2) is 0 Å². The maximum Gasteiger partial charge on any atom is 0.193 e. The van der Waals surface area contributed by atoms with Crippen LogP contribution in [0.2, 0.25) is 0 Å². The lowest BCUT2D eigenvalue weighted by atomic mass is 10.1. The van der Waals surface area contributed by atoms with E-state index in [9.17, 15) is 5.11 Å². The number of nitrogens with zero attached hydrogens (tertiary/aromatic N) is 1. The first-order valence-electron chi connectivity index (χ1n) is 6.44. The van der Waals surface area contributed by atoms with Gasteiger partial charge in [0.05, 0.1) is 13.2 Å². The van der Waals surface area contributed by atoms with E-state index in [0.717, 1.165) is 24.9 Å². The van der Waals surface area contributed by atoms with Crippen LogP contribution in [-0.4, -0.2) is 24.2 Å². The highest BCUT2D eigenvalue weighted by molar-refractivity contribution is 5.92. The largest absolute Gasteiger partial charge is 0.396 e. The van der Waals surface area contributed by atoms with Gasteiger partial charge in [-0.15, -0.1) is 0 Å². The molecule has 0 amide bonds. The second-order valence-electron chi connectivity index (χ2n) is 5.04. The predicted molar refractivity (Wildman–Crippen MR) is 74.7 cm³/mol. The van der Waals surface area contributed by atoms with Gasteiger partial charge in [0.1, 0.15) is 0 Å². The van der Waals surface area contributed by atoms with Crippen LogP contribution in [0.4, 0.5) is 5.69 Å². The molecule has 1 aliphatic carbocycles. The molecule has 1 saturated carbocycles. The molecule has 0 heterocycles. The fourth-order valence-electron chi connectivity index (χ4n) is 1.85. The summed E-state index contributed by atoms with van der Waals surface area (Å²) in [4.78, 5) is 4.30. The minimum atomic E-state index is 0.0115. The van der Waals surface area contributed by atoms with E-state index in [4.69, 9.17) is 5.73 Å². The van der Waals surface area contributed by atoms with Crippen LogP contribution in [0.15, 0.2) is 29.3 Å². The maximum atomic E-state index is 9.20. The average Bonchev–Trinajstić information content (AvgIpc) is 3.17. The molecule has 0 unspecified atom stereocenters. The van der Waals surface area contributed by atoms with Gasteiger partial charge in [-0.1, -0.05) is 19.1 Å². The van der Waals surface area contributed by atoms with E-state index in [1.165, 1.54) is 5.56 Å². The molecular weight excluding hydrogens is 226 g/mol. The number of benzene rings is 1. The van der Waals surface area contributed by atoms with Crippen LogP contribution in [0.1, 0.15) is 25.3 Å². The van der Waals surface area contributed by atoms with Gasteiger partial charge in [-0.2, -0.15) is 0 Å². The monoisotopic (exact) mass is 247 g/mol. The van der Waals surface area contributed by atoms with Crippen molar-refractivity contribution in [2.24, 2.45) is 16.1 Å². The SMILES string of the molecule is CCc1cccc(NC(N)=NCC2(CO)CC2)c1. The lowest BCUT2D eigenvalue weighted by molar-refractivity contribution is 0.217. The minimum absolute atomic E-state index is 0.0115. The van der Waals surface area contributed by atoms with Gasteiger partial charge in [0.25, 0.3) is 0 Å². The van der Waals surface area contributed by atoms with Crippen molar-refractivity contribution < 1.29 is 5.11 Å². The van der Waals surface area contributed by atoms with Gasteiger partial charge < -0.3 is 16.2 Å². The van der Waals surface area contributed by atoms with Gasteiger partial charge in [0.15, 0.2) is 5.96 Å². The molecule has 0 atom stereocenters. The van der Waals surface area contributed by atoms with Crippen molar-refractivity contribution >= 4 is 11.6 Å². The number of hydrogen-bond donors (Lipinski definition) is 3. The fourth-order valence-corrected chi connectivity index (χ4v) is 1.85. The molecule has 0 saturated heterocycles. The zero-order valence-electron chi connectivity index (χ0n) is 10.8. The Hall–Kier alpha value is -1.55. The summed E-state index contributed by atoms with van der Waals surface area (Å²) in [6.45, 7) is 2.93. The Bertz CT molecular complexity index is 438. The summed E-state index contributed by atoms with van der Waals surface area (Å²) in [5.74, 6) is 0.419. The number of anilines is 1. The van der Waals surface area contributed by atoms with Crippen molar-refractivity contribution in [1.29, 1.82) is 0 Å². The molecule has 4 heteroatoms. The van der Waals surface area contributed by atoms with E-state index in [1.807, 2.05) is 12.1 Å². The summed E-state index contributed by atoms with van der Waals surface area (Å²) in [6.07, 6.45) is 3.09. The van der Waals surface area contributed by atoms with Gasteiger partial charge in [0, 0.05) is 11.1 Å². The third kappa shape index (κ3) is 3.23. The van der Waals surface area contributed by atoms with Crippen LogP contribution in [-0.2, 0) is 6.42 Å². The summed E-state index contributed by atoms with van der Waals surface area (Å²) in [5.41, 5.74) is 8.08. The second kappa shape index (κ2) is 5.40. The number of hydrogen-bond acceptors (Lipinski definition) is 2. The highest BCUT2D eigenvalue weighted by Crippen LogP contribution is 2.45. The van der Waals surface area contributed by atoms with Gasteiger partial charge >= 0.3 is 0 Å². The van der Waals surface area contributed by atoms with Crippen LogP contribution in [0.25, 0.3) is 0 Å². The molecule has 0 bridgehead atoms. The highest BCUT2D eigenvalue weighted by Gasteiger charge is 2.41. The molecule has 1 aliphatic rings. The van der Waals surface area contributed by atoms with Crippen LogP contribution in [0.5, 0.6) is 0 Å². The topological polar surface area (TPSA) is 70.6 Å². The third-order valence-electron chi connectivity index (χ3n) is 3.48. The number of nitrogens with two attached hydrogens (primary N) is 1. The van der Waals surface area contributed by atoms with Gasteiger partial charge in [0.2, 0.25) is 0 Å². The lowest BCUT2D eigenvalue weighted by Crippen LogP contribution is -2.24. The van der Waals surface area contributed by atoms with Gasteiger partial charge in [-0.05, 0) is 37.0 Å². The van der Waals surface area contributed by atoms with Crippen molar-refractivity contribution in [1.82, 2.24) is 0 Å². The number of guanidine groups is 1. The highest BCUT2D eigenvalue weighted by atomic mass is 16.3. The Morgan fingerprint density at radius 3 is 2.89 bits per heavy atom. The Morgan fingerprint density at radius 2 is 2.28 bits per heavy atom. The smallest absolute Gasteiger partial charge is 0.193 e. The predicted octanol–water partition coefficient (Wildman–Crippen LogP) is 1.75. The summed E-state index contributed by atoms with van der Waals surface area (Å²) in [7, 11) is 0. The molecule has 2 rings (SSSR count). The normalized spacial score (nSPS) is 17.6. The molecule has 4 N–H and O–H groups in total. The first-order chi connectivity index (χ1) is 8.67. The summed E-state index contributed by atoms with van der Waals surface area (Å²) >= 11 is 0. The molecule has 0 radical (unpaired) electrons. The van der Waals surface area contributed by atoms with E-state index in [-0.39, 0.29) is 12.0 Å². The van der Waals surface area contributed by atoms with Crippen LogP contribution >= 0.6 is 0 Å². The zero-order valence-corrected chi connectivity index (χ0v) is 10.8. The van der Waals surface area contributed by atoms with Crippen molar-refractivity contribution in [2.75, 3.05) is 18.5 Å². The van der Waals surface area contributed by atoms with Crippen LogP contribution in [0.3, 0.4) is 0 Å². The minimum Gasteiger partial charge on any atom is -0.396 e. The molecule has 18 heavy (non-hydrogen) atoms. The first-order valence-corrected chi connectivity index (χ1v) is 6.44. The third-order valence-corrected chi connectivity index (χ3v) is 3.48. The number of aliphatic imine (C=N–C) groups is 1. The molecule has 1 aromatic carbocycles. The molecule has 0 aliphatic heterocycles. The van der Waals surface area contributed by atoms with Crippen molar-refractivity contribution in [3.8, 4) is 0 Å². The van der Waals surface area contributed by atoms with Crippen molar-refractivity contribution in [2.45, 2.75) is 26.2 Å². The number of aliphatic hydroxyl groups excluding tert-OH is 1. The Kier molecular flexibility index (Phi) is 3.87. The van der Waals surface area contributed by atoms with E-state index in [2.05, 4.69) is 29.4 Å². The van der Waals surface area contributed by atoms with Crippen molar-refractivity contribution in [3.05, 3.63) is 29.8 Å². The number of aliphatic hydroxyl groups is 1. The van der Waals surface area contributed by atoms with E-state index in [1.54, 1.807) is 0 Å². The average molecular weight is 247 g/mol. The Labute approximate surface area is 108 Å². The standard InChI is InChI=1S/C14H21N3O/c1-2-11-4-3-5-12(8-11)17-13(15)16-9-14(10-18)6-7-14/h3-5,8,18H,2,6-7,9-10H2,1H3,(H3,15,16,17). The number of aryl methyl sites for hydroxylation is 1. The molecule has 4 nitrogen and oxygen atoms in total. The summed E-state index contributed by atoms with van der Waals surface area (Å²) in [6, 6.07) is 8.13. The quantitative estimate of drug-likeness (QED) is 0.548. The zero-order chi connectivity index (χ0) is 13.0. The second-order valence-corrected chi connectivity index (χ2v) is 5.04. The number of rotatable bonds is 5. The van der Waals surface area contributed by atoms with E-state index < -0.39 is 0 Å². The Balaban J connectivity index is 1.93. The molecule has 98 valence electrons. The fraction of sp³-hybridized carbons (Fsp3) is 0.500. The van der Waals surface area contributed by atoms with Crippen LogP contribution in [0, 0.1) is 5.41 Å². The molecule has 1 fully saturated rings. The first kappa shape index (κ1) is 12.9. The summed E-state index contributed by atoms with van der Waals surface area (Å²) < 4.78 is 0.